The molecule has 2 N–H and O–H groups in total. The van der Waals surface area contributed by atoms with Crippen LogP contribution in [-0.4, -0.2) is 41.2 Å². The van der Waals surface area contributed by atoms with Crippen molar-refractivity contribution in [3.05, 3.63) is 29.6 Å². The Hall–Kier alpha value is -1.92. The number of hydrogen-bond donors (Lipinski definition) is 2. The predicted octanol–water partition coefficient (Wildman–Crippen LogP) is 2.07. The van der Waals surface area contributed by atoms with Crippen LogP contribution in [0.25, 0.3) is 11.0 Å². The lowest BCUT2D eigenvalue weighted by Gasteiger charge is -2.23. The van der Waals surface area contributed by atoms with Crippen LogP contribution in [0, 0.1) is 6.92 Å². The largest absolute Gasteiger partial charge is 0.373 e. The third kappa shape index (κ3) is 3.89. The van der Waals surface area contributed by atoms with Gasteiger partial charge in [0, 0.05) is 13.2 Å². The standard InChI is InChI=1S/C17H23N3O3/c1-12-5-3-6-13-16(12)20-14(19-13)9-22-10-15(21)18-11-17(2)7-4-8-23-17/h3,5-6H,4,7-11H2,1-2H3,(H,18,21)(H,19,20). The van der Waals surface area contributed by atoms with Crippen LogP contribution in [0.2, 0.25) is 0 Å². The number of hydrogen-bond acceptors (Lipinski definition) is 4. The molecule has 0 saturated carbocycles. The second kappa shape index (κ2) is 6.68. The number of nitrogens with one attached hydrogen (secondary N) is 2. The molecule has 1 unspecified atom stereocenters. The smallest absolute Gasteiger partial charge is 0.246 e. The Morgan fingerprint density at radius 2 is 2.39 bits per heavy atom. The van der Waals surface area contributed by atoms with E-state index >= 15 is 0 Å². The van der Waals surface area contributed by atoms with Crippen molar-refractivity contribution < 1.29 is 14.3 Å². The summed E-state index contributed by atoms with van der Waals surface area (Å²) in [6.45, 7) is 5.65. The first-order chi connectivity index (χ1) is 11.1. The molecule has 3 rings (SSSR count). The van der Waals surface area contributed by atoms with Gasteiger partial charge >= 0.3 is 0 Å². The normalized spacial score (nSPS) is 21.0. The minimum absolute atomic E-state index is 0.0199. The van der Waals surface area contributed by atoms with E-state index < -0.39 is 0 Å². The zero-order chi connectivity index (χ0) is 16.3. The number of nitrogens with zero attached hydrogens (tertiary/aromatic N) is 1. The molecule has 1 fully saturated rings. The van der Waals surface area contributed by atoms with Crippen molar-refractivity contribution in [2.45, 2.75) is 38.9 Å². The average molecular weight is 317 g/mol. The minimum atomic E-state index is -0.230. The number of aryl methyl sites for hydroxylation is 1. The lowest BCUT2D eigenvalue weighted by molar-refractivity contribution is -0.127. The molecule has 2 heterocycles. The highest BCUT2D eigenvalue weighted by molar-refractivity contribution is 5.78. The molecule has 6 nitrogen and oxygen atoms in total. The van der Waals surface area contributed by atoms with Crippen molar-refractivity contribution >= 4 is 16.9 Å². The summed E-state index contributed by atoms with van der Waals surface area (Å²) in [4.78, 5) is 19.5. The van der Waals surface area contributed by atoms with Crippen molar-refractivity contribution in [2.24, 2.45) is 0 Å². The van der Waals surface area contributed by atoms with E-state index in [4.69, 9.17) is 9.47 Å². The Labute approximate surface area is 135 Å². The van der Waals surface area contributed by atoms with E-state index in [1.165, 1.54) is 0 Å². The summed E-state index contributed by atoms with van der Waals surface area (Å²) < 4.78 is 11.1. The van der Waals surface area contributed by atoms with Gasteiger partial charge in [0.25, 0.3) is 0 Å². The Bertz CT molecular complexity index is 689. The number of carbonyl (C=O) groups is 1. The van der Waals surface area contributed by atoms with Crippen LogP contribution in [0.3, 0.4) is 0 Å². The molecule has 0 bridgehead atoms. The van der Waals surface area contributed by atoms with Gasteiger partial charge in [-0.1, -0.05) is 12.1 Å². The maximum Gasteiger partial charge on any atom is 0.246 e. The predicted molar refractivity (Wildman–Crippen MR) is 87.1 cm³/mol. The summed E-state index contributed by atoms with van der Waals surface area (Å²) >= 11 is 0. The third-order valence-electron chi connectivity index (χ3n) is 4.20. The molecule has 1 amide bonds. The molecule has 1 saturated heterocycles. The summed E-state index contributed by atoms with van der Waals surface area (Å²) in [5.41, 5.74) is 2.82. The molecule has 6 heteroatoms. The summed E-state index contributed by atoms with van der Waals surface area (Å²) in [6, 6.07) is 5.99. The van der Waals surface area contributed by atoms with Crippen molar-refractivity contribution in [3.63, 3.8) is 0 Å². The molecule has 0 aliphatic carbocycles. The summed E-state index contributed by atoms with van der Waals surface area (Å²) in [5, 5.41) is 2.87. The fourth-order valence-electron chi connectivity index (χ4n) is 2.85. The number of carbonyl (C=O) groups excluding carboxylic acids is 1. The van der Waals surface area contributed by atoms with Gasteiger partial charge in [0.05, 0.1) is 16.6 Å². The number of H-pyrrole nitrogens is 1. The quantitative estimate of drug-likeness (QED) is 0.855. The molecule has 1 aromatic heterocycles. The second-order valence-corrected chi connectivity index (χ2v) is 6.33. The van der Waals surface area contributed by atoms with Crippen molar-refractivity contribution in [1.29, 1.82) is 0 Å². The molecule has 1 aliphatic heterocycles. The number of para-hydroxylation sites is 1. The van der Waals surface area contributed by atoms with Crippen LogP contribution in [0.4, 0.5) is 0 Å². The van der Waals surface area contributed by atoms with E-state index in [1.807, 2.05) is 32.0 Å². The van der Waals surface area contributed by atoms with Gasteiger partial charge in [0.1, 0.15) is 19.0 Å². The maximum atomic E-state index is 11.8. The van der Waals surface area contributed by atoms with E-state index in [0.29, 0.717) is 6.54 Å². The van der Waals surface area contributed by atoms with Gasteiger partial charge in [0.2, 0.25) is 5.91 Å². The molecule has 0 radical (unpaired) electrons. The number of aromatic amines is 1. The van der Waals surface area contributed by atoms with Gasteiger partial charge in [-0.2, -0.15) is 0 Å². The van der Waals surface area contributed by atoms with Crippen LogP contribution in [0.15, 0.2) is 18.2 Å². The van der Waals surface area contributed by atoms with E-state index in [2.05, 4.69) is 15.3 Å². The fourth-order valence-corrected chi connectivity index (χ4v) is 2.85. The zero-order valence-electron chi connectivity index (χ0n) is 13.6. The van der Waals surface area contributed by atoms with E-state index in [1.54, 1.807) is 0 Å². The molecular weight excluding hydrogens is 294 g/mol. The van der Waals surface area contributed by atoms with Crippen molar-refractivity contribution in [1.82, 2.24) is 15.3 Å². The lowest BCUT2D eigenvalue weighted by Crippen LogP contribution is -2.41. The SMILES string of the molecule is Cc1cccc2[nH]c(COCC(=O)NCC3(C)CCCO3)nc12. The topological polar surface area (TPSA) is 76.2 Å². The molecule has 0 spiro atoms. The molecule has 1 aromatic carbocycles. The Kier molecular flexibility index (Phi) is 4.63. The Morgan fingerprint density at radius 1 is 1.52 bits per heavy atom. The van der Waals surface area contributed by atoms with Crippen LogP contribution >= 0.6 is 0 Å². The first-order valence-corrected chi connectivity index (χ1v) is 7.98. The van der Waals surface area contributed by atoms with Crippen LogP contribution in [0.1, 0.15) is 31.2 Å². The van der Waals surface area contributed by atoms with Crippen molar-refractivity contribution in [3.8, 4) is 0 Å². The number of amides is 1. The summed E-state index contributed by atoms with van der Waals surface area (Å²) in [6.07, 6.45) is 2.03. The second-order valence-electron chi connectivity index (χ2n) is 6.33. The minimum Gasteiger partial charge on any atom is -0.373 e. The average Bonchev–Trinajstić information content (AvgIpc) is 3.13. The summed E-state index contributed by atoms with van der Waals surface area (Å²) in [5.74, 6) is 0.599. The van der Waals surface area contributed by atoms with Gasteiger partial charge in [0.15, 0.2) is 0 Å². The van der Waals surface area contributed by atoms with E-state index in [9.17, 15) is 4.79 Å². The highest BCUT2D eigenvalue weighted by Gasteiger charge is 2.29. The zero-order valence-corrected chi connectivity index (χ0v) is 13.6. The Morgan fingerprint density at radius 3 is 3.13 bits per heavy atom. The third-order valence-corrected chi connectivity index (χ3v) is 4.20. The van der Waals surface area contributed by atoms with E-state index in [-0.39, 0.29) is 24.7 Å². The monoisotopic (exact) mass is 317 g/mol. The maximum absolute atomic E-state index is 11.8. The van der Waals surface area contributed by atoms with Gasteiger partial charge in [-0.15, -0.1) is 0 Å². The molecule has 1 atom stereocenters. The molecule has 1 aliphatic rings. The number of benzene rings is 1. The highest BCUT2D eigenvalue weighted by Crippen LogP contribution is 2.23. The van der Waals surface area contributed by atoms with Gasteiger partial charge in [-0.05, 0) is 38.3 Å². The van der Waals surface area contributed by atoms with Crippen LogP contribution in [-0.2, 0) is 20.9 Å². The first-order valence-electron chi connectivity index (χ1n) is 7.98. The van der Waals surface area contributed by atoms with Crippen molar-refractivity contribution in [2.75, 3.05) is 19.8 Å². The fraction of sp³-hybridized carbons (Fsp3) is 0.529. The van der Waals surface area contributed by atoms with Gasteiger partial charge in [-0.25, -0.2) is 4.98 Å². The summed E-state index contributed by atoms with van der Waals surface area (Å²) in [7, 11) is 0. The number of aromatic nitrogens is 2. The number of fused-ring (bicyclic) bond motifs is 1. The number of ether oxygens (including phenoxy) is 2. The van der Waals surface area contributed by atoms with Crippen LogP contribution < -0.4 is 5.32 Å². The highest BCUT2D eigenvalue weighted by atomic mass is 16.5. The Balaban J connectivity index is 1.45. The molecule has 124 valence electrons. The molecular formula is C17H23N3O3. The van der Waals surface area contributed by atoms with E-state index in [0.717, 1.165) is 41.9 Å². The van der Waals surface area contributed by atoms with Gasteiger partial charge < -0.3 is 19.8 Å². The lowest BCUT2D eigenvalue weighted by atomic mass is 10.0. The first kappa shape index (κ1) is 16.0. The molecule has 23 heavy (non-hydrogen) atoms. The number of rotatable bonds is 6. The van der Waals surface area contributed by atoms with Crippen LogP contribution in [0.5, 0.6) is 0 Å². The number of imidazole rings is 1. The molecule has 2 aromatic rings. The van der Waals surface area contributed by atoms with Gasteiger partial charge in [-0.3, -0.25) is 4.79 Å².